The number of aliphatic hydroxyl groups is 2. The van der Waals surface area contributed by atoms with Crippen LogP contribution in [0.5, 0.6) is 0 Å². The zero-order valence-electron chi connectivity index (χ0n) is 28.3. The van der Waals surface area contributed by atoms with Gasteiger partial charge in [-0.05, 0) is 104 Å². The van der Waals surface area contributed by atoms with Crippen molar-refractivity contribution in [3.8, 4) is 11.8 Å². The third kappa shape index (κ3) is 12.4. The molecule has 0 bridgehead atoms. The summed E-state index contributed by atoms with van der Waals surface area (Å²) in [6.45, 7) is 25.7. The molecule has 0 aliphatic carbocycles. The summed E-state index contributed by atoms with van der Waals surface area (Å²) in [5.74, 6) is 7.20. The van der Waals surface area contributed by atoms with Crippen molar-refractivity contribution in [2.45, 2.75) is 213 Å². The highest BCUT2D eigenvalue weighted by molar-refractivity contribution is 5.21. The lowest BCUT2D eigenvalue weighted by molar-refractivity contribution is -0.143. The maximum Gasteiger partial charge on any atom is 0.126 e. The molecule has 0 rings (SSSR count). The Hall–Kier alpha value is -0.600. The topological polar surface area (TPSA) is 58.9 Å². The van der Waals surface area contributed by atoms with Gasteiger partial charge in [0.2, 0.25) is 0 Å². The summed E-state index contributed by atoms with van der Waals surface area (Å²) in [7, 11) is 0. The molecule has 2 N–H and O–H groups in total. The monoisotopic (exact) mass is 553 g/mol. The van der Waals surface area contributed by atoms with Gasteiger partial charge in [0, 0.05) is 0 Å². The molecule has 3 atom stereocenters. The van der Waals surface area contributed by atoms with E-state index in [9.17, 15) is 10.2 Å². The van der Waals surface area contributed by atoms with Gasteiger partial charge in [0.05, 0.1) is 22.4 Å². The number of ether oxygens (including phenoxy) is 2. The van der Waals surface area contributed by atoms with Crippen molar-refractivity contribution in [3.05, 3.63) is 0 Å². The van der Waals surface area contributed by atoms with Crippen molar-refractivity contribution in [1.29, 1.82) is 0 Å². The van der Waals surface area contributed by atoms with E-state index in [-0.39, 0.29) is 11.2 Å². The average Bonchev–Trinajstić information content (AvgIpc) is 2.93. The van der Waals surface area contributed by atoms with E-state index in [0.29, 0.717) is 0 Å². The normalized spacial score (nSPS) is 17.6. The molecule has 0 saturated carbocycles. The van der Waals surface area contributed by atoms with Gasteiger partial charge in [-0.2, -0.15) is 0 Å². The predicted octanol–water partition coefficient (Wildman–Crippen LogP) is 9.53. The van der Waals surface area contributed by atoms with Crippen molar-refractivity contribution in [1.82, 2.24) is 0 Å². The molecule has 0 amide bonds. The first-order valence-corrected chi connectivity index (χ1v) is 16.5. The highest BCUT2D eigenvalue weighted by atomic mass is 16.5. The van der Waals surface area contributed by atoms with Crippen LogP contribution in [0.4, 0.5) is 0 Å². The fraction of sp³-hybridized carbons (Fsp3) is 0.943. The SMILES string of the molecule is CCCC(C)(C#CC(C)(CCC)OC(CC)(CC)CCC(O)(CC)CC)OC(C)(CC)CCC(O)(CC)CC. The third-order valence-corrected chi connectivity index (χ3v) is 9.79. The molecule has 0 fully saturated rings. The lowest BCUT2D eigenvalue weighted by Crippen LogP contribution is -2.44. The highest BCUT2D eigenvalue weighted by Gasteiger charge is 2.39. The van der Waals surface area contributed by atoms with E-state index in [4.69, 9.17) is 9.47 Å². The molecule has 4 heteroatoms. The van der Waals surface area contributed by atoms with Crippen LogP contribution in [0.1, 0.15) is 179 Å². The lowest BCUT2D eigenvalue weighted by Gasteiger charge is -2.42. The van der Waals surface area contributed by atoms with Gasteiger partial charge in [-0.25, -0.2) is 0 Å². The smallest absolute Gasteiger partial charge is 0.126 e. The Morgan fingerprint density at radius 2 is 0.846 bits per heavy atom. The molecule has 4 nitrogen and oxygen atoms in total. The van der Waals surface area contributed by atoms with Gasteiger partial charge < -0.3 is 19.7 Å². The first kappa shape index (κ1) is 38.4. The Kier molecular flexibility index (Phi) is 16.5. The summed E-state index contributed by atoms with van der Waals surface area (Å²) < 4.78 is 13.9. The van der Waals surface area contributed by atoms with E-state index >= 15 is 0 Å². The van der Waals surface area contributed by atoms with Crippen LogP contribution in [-0.4, -0.2) is 43.8 Å². The fourth-order valence-corrected chi connectivity index (χ4v) is 5.78. The molecule has 0 aromatic carbocycles. The van der Waals surface area contributed by atoms with Crippen LogP contribution in [0.3, 0.4) is 0 Å². The van der Waals surface area contributed by atoms with Crippen molar-refractivity contribution in [2.75, 3.05) is 0 Å². The third-order valence-electron chi connectivity index (χ3n) is 9.79. The van der Waals surface area contributed by atoms with E-state index in [1.54, 1.807) is 0 Å². The van der Waals surface area contributed by atoms with Crippen LogP contribution in [0.2, 0.25) is 0 Å². The minimum Gasteiger partial charge on any atom is -0.390 e. The zero-order chi connectivity index (χ0) is 30.4. The highest BCUT2D eigenvalue weighted by Crippen LogP contribution is 2.38. The molecule has 0 aliphatic heterocycles. The minimum absolute atomic E-state index is 0.318. The van der Waals surface area contributed by atoms with Gasteiger partial charge in [-0.3, -0.25) is 0 Å². The number of hydrogen-bond donors (Lipinski definition) is 2. The van der Waals surface area contributed by atoms with Crippen LogP contribution >= 0.6 is 0 Å². The lowest BCUT2D eigenvalue weighted by atomic mass is 9.82. The number of hydrogen-bond acceptors (Lipinski definition) is 4. The Balaban J connectivity index is 6.18. The minimum atomic E-state index is -0.633. The molecule has 39 heavy (non-hydrogen) atoms. The van der Waals surface area contributed by atoms with Crippen LogP contribution < -0.4 is 0 Å². The Morgan fingerprint density at radius 3 is 1.18 bits per heavy atom. The molecule has 232 valence electrons. The van der Waals surface area contributed by atoms with Crippen molar-refractivity contribution >= 4 is 0 Å². The van der Waals surface area contributed by atoms with E-state index in [1.807, 2.05) is 0 Å². The molecule has 3 unspecified atom stereocenters. The average molecular weight is 553 g/mol. The summed E-state index contributed by atoms with van der Waals surface area (Å²) in [4.78, 5) is 0. The van der Waals surface area contributed by atoms with Crippen molar-refractivity contribution in [2.24, 2.45) is 0 Å². The quantitative estimate of drug-likeness (QED) is 0.139. The Morgan fingerprint density at radius 1 is 0.462 bits per heavy atom. The van der Waals surface area contributed by atoms with E-state index in [2.05, 4.69) is 94.9 Å². The van der Waals surface area contributed by atoms with Gasteiger partial charge >= 0.3 is 0 Å². The van der Waals surface area contributed by atoms with Crippen LogP contribution in [0.25, 0.3) is 0 Å². The standard InChI is InChI=1S/C35H68O4/c1-13-22-31(11,38-30(10,15-3)26-27-33(36,16-4)17-5)24-25-32(12,23-14-2)39-35(20-8,21-9)29-28-34(37,18-6)19-7/h36-37H,13-23,26-29H2,1-12H3. The van der Waals surface area contributed by atoms with E-state index in [0.717, 1.165) is 96.3 Å². The maximum atomic E-state index is 11.0. The fourth-order valence-electron chi connectivity index (χ4n) is 5.78. The summed E-state index contributed by atoms with van der Waals surface area (Å²) in [5, 5.41) is 21.9. The molecule has 0 spiro atoms. The van der Waals surface area contributed by atoms with Gasteiger partial charge in [-0.15, -0.1) is 0 Å². The molecular formula is C35H68O4. The van der Waals surface area contributed by atoms with Crippen molar-refractivity contribution in [3.63, 3.8) is 0 Å². The molecule has 0 saturated heterocycles. The predicted molar refractivity (Wildman–Crippen MR) is 168 cm³/mol. The largest absolute Gasteiger partial charge is 0.390 e. The Bertz CT molecular complexity index is 725. The molecule has 0 aromatic rings. The second-order valence-electron chi connectivity index (χ2n) is 13.0. The van der Waals surface area contributed by atoms with Gasteiger partial charge in [0.15, 0.2) is 0 Å². The summed E-state index contributed by atoms with van der Waals surface area (Å²) in [6.07, 6.45) is 12.4. The number of rotatable bonds is 21. The first-order valence-electron chi connectivity index (χ1n) is 16.5. The second kappa shape index (κ2) is 16.7. The molecule has 0 aromatic heterocycles. The van der Waals surface area contributed by atoms with E-state index < -0.39 is 22.4 Å². The van der Waals surface area contributed by atoms with Crippen LogP contribution in [-0.2, 0) is 9.47 Å². The molecule has 0 radical (unpaired) electrons. The summed E-state index contributed by atoms with van der Waals surface area (Å²) in [5.41, 5.74) is -3.14. The zero-order valence-corrected chi connectivity index (χ0v) is 28.3. The van der Waals surface area contributed by atoms with Gasteiger partial charge in [-0.1, -0.05) is 87.0 Å². The van der Waals surface area contributed by atoms with Crippen LogP contribution in [0.15, 0.2) is 0 Å². The second-order valence-corrected chi connectivity index (χ2v) is 13.0. The maximum absolute atomic E-state index is 11.0. The van der Waals surface area contributed by atoms with E-state index in [1.165, 1.54) is 0 Å². The van der Waals surface area contributed by atoms with Gasteiger partial charge in [0.25, 0.3) is 0 Å². The van der Waals surface area contributed by atoms with Crippen molar-refractivity contribution < 1.29 is 19.7 Å². The molecule has 0 heterocycles. The summed E-state index contributed by atoms with van der Waals surface area (Å²) >= 11 is 0. The Labute approximate surface area is 244 Å². The van der Waals surface area contributed by atoms with Crippen LogP contribution in [0, 0.1) is 11.8 Å². The molecular weight excluding hydrogens is 484 g/mol. The summed E-state index contributed by atoms with van der Waals surface area (Å²) in [6, 6.07) is 0. The first-order chi connectivity index (χ1) is 18.1. The molecule has 0 aliphatic rings. The van der Waals surface area contributed by atoms with Gasteiger partial charge in [0.1, 0.15) is 11.2 Å².